The molecule has 2 fully saturated rings. The zero-order valence-electron chi connectivity index (χ0n) is 18.5. The average Bonchev–Trinajstić information content (AvgIpc) is 3.00. The Morgan fingerprint density at radius 3 is 2.35 bits per heavy atom. The maximum Gasteiger partial charge on any atom is 0.416 e. The summed E-state index contributed by atoms with van der Waals surface area (Å²) in [4.78, 5) is 20.3. The van der Waals surface area contributed by atoms with Gasteiger partial charge in [-0.2, -0.15) is 26.3 Å². The van der Waals surface area contributed by atoms with Gasteiger partial charge in [0.05, 0.1) is 12.5 Å². The number of hydrogen-bond donors (Lipinski definition) is 0. The van der Waals surface area contributed by atoms with E-state index < -0.39 is 29.9 Å². The van der Waals surface area contributed by atoms with Crippen molar-refractivity contribution in [1.82, 2.24) is 19.4 Å². The Morgan fingerprint density at radius 2 is 1.79 bits per heavy atom. The number of fused-ring (bicyclic) bond motifs is 1. The Hall–Kier alpha value is -2.76. The Balaban J connectivity index is 1.55. The minimum atomic E-state index is -5.49. The average molecular weight is 490 g/mol. The number of halogens is 6. The number of aryl methyl sites for hydroxylation is 1. The van der Waals surface area contributed by atoms with Crippen molar-refractivity contribution in [2.75, 3.05) is 26.7 Å². The number of carbonyl (C=O) groups is 1. The summed E-state index contributed by atoms with van der Waals surface area (Å²) >= 11 is 0. The topological polar surface area (TPSA) is 50.6 Å². The van der Waals surface area contributed by atoms with Crippen LogP contribution in [0.15, 0.2) is 36.8 Å². The normalized spacial score (nSPS) is 22.7. The predicted octanol–water partition coefficient (Wildman–Crippen LogP) is 4.44. The Morgan fingerprint density at radius 1 is 1.15 bits per heavy atom. The molecule has 0 spiro atoms. The monoisotopic (exact) mass is 490 g/mol. The highest BCUT2D eigenvalue weighted by atomic mass is 19.4. The lowest BCUT2D eigenvalue weighted by Crippen LogP contribution is -2.37. The first-order valence-electron chi connectivity index (χ1n) is 10.7. The van der Waals surface area contributed by atoms with Gasteiger partial charge in [-0.25, -0.2) is 9.78 Å². The molecule has 1 aromatic carbocycles. The number of ether oxygens (including phenoxy) is 1. The number of nitrogens with zero attached hydrogens (tertiary/aromatic N) is 4. The Bertz CT molecular complexity index is 1010. The van der Waals surface area contributed by atoms with Crippen molar-refractivity contribution in [3.8, 4) is 5.88 Å². The molecule has 2 aromatic rings. The Labute approximate surface area is 192 Å². The molecule has 1 saturated heterocycles. The molecule has 2 heterocycles. The van der Waals surface area contributed by atoms with Crippen molar-refractivity contribution in [2.24, 2.45) is 24.8 Å². The van der Waals surface area contributed by atoms with Crippen LogP contribution in [0.25, 0.3) is 0 Å². The third kappa shape index (κ3) is 5.31. The maximum absolute atomic E-state index is 13.2. The summed E-state index contributed by atoms with van der Waals surface area (Å²) in [5.74, 6) is -2.54. The highest BCUT2D eigenvalue weighted by Gasteiger charge is 2.57. The van der Waals surface area contributed by atoms with Gasteiger partial charge in [-0.3, -0.25) is 0 Å². The number of rotatable bonds is 6. The number of alkyl halides is 6. The number of aromatic nitrogens is 2. The summed E-state index contributed by atoms with van der Waals surface area (Å²) in [5, 5.41) is 0. The fraction of sp³-hybridized carbons (Fsp3) is 0.545. The van der Waals surface area contributed by atoms with Crippen molar-refractivity contribution >= 4 is 6.09 Å². The second kappa shape index (κ2) is 8.79. The van der Waals surface area contributed by atoms with Crippen LogP contribution >= 0.6 is 0 Å². The fourth-order valence-corrected chi connectivity index (χ4v) is 4.84. The highest BCUT2D eigenvalue weighted by Crippen LogP contribution is 2.51. The largest absolute Gasteiger partial charge is 0.416 e. The van der Waals surface area contributed by atoms with E-state index in [2.05, 4.69) is 9.88 Å². The standard InChI is InChI=1S/C22H24F6N4O2/c1-30-8-15-16(9-30)17(15)10-32(20(33)34-18-11-31(2)12-29-18)7-13-4-3-5-14(6-13)19(21(23,24)25)22(26,27)28/h3-6,11-12,15-17,19H,7-10H2,1-2H3. The van der Waals surface area contributed by atoms with Gasteiger partial charge in [-0.1, -0.05) is 24.3 Å². The first-order valence-corrected chi connectivity index (χ1v) is 10.7. The van der Waals surface area contributed by atoms with Gasteiger partial charge in [0.15, 0.2) is 5.92 Å². The Kier molecular flexibility index (Phi) is 6.30. The van der Waals surface area contributed by atoms with Gasteiger partial charge < -0.3 is 19.1 Å². The van der Waals surface area contributed by atoms with Crippen LogP contribution in [-0.4, -0.2) is 64.5 Å². The summed E-state index contributed by atoms with van der Waals surface area (Å²) < 4.78 is 86.1. The molecule has 2 unspecified atom stereocenters. The van der Waals surface area contributed by atoms with Gasteiger partial charge in [-0.15, -0.1) is 0 Å². The van der Waals surface area contributed by atoms with E-state index in [9.17, 15) is 31.1 Å². The number of benzene rings is 1. The van der Waals surface area contributed by atoms with E-state index in [1.54, 1.807) is 11.6 Å². The minimum absolute atomic E-state index is 0.0520. The fourth-order valence-electron chi connectivity index (χ4n) is 4.84. The number of hydrogen-bond acceptors (Lipinski definition) is 4. The summed E-state index contributed by atoms with van der Waals surface area (Å²) in [6, 6.07) is 4.19. The summed E-state index contributed by atoms with van der Waals surface area (Å²) in [6.45, 7) is 1.87. The SMILES string of the molecule is CN1CC2C(C1)C2CN(Cc1cccc(C(C(F)(F)F)C(F)(F)F)c1)C(=O)Oc1cn(C)cn1. The molecule has 6 nitrogen and oxygen atoms in total. The predicted molar refractivity (Wildman–Crippen MR) is 109 cm³/mol. The van der Waals surface area contributed by atoms with E-state index in [0.717, 1.165) is 31.3 Å². The third-order valence-corrected chi connectivity index (χ3v) is 6.43. The zero-order valence-corrected chi connectivity index (χ0v) is 18.5. The molecule has 0 N–H and O–H groups in total. The first kappa shape index (κ1) is 24.4. The molecular formula is C22H24F6N4O2. The minimum Gasteiger partial charge on any atom is -0.389 e. The molecule has 1 aliphatic heterocycles. The van der Waals surface area contributed by atoms with Crippen LogP contribution in [0.2, 0.25) is 0 Å². The molecule has 0 radical (unpaired) electrons. The van der Waals surface area contributed by atoms with Crippen LogP contribution in [0, 0.1) is 17.8 Å². The molecule has 34 heavy (non-hydrogen) atoms. The number of amides is 1. The number of piperidine rings is 1. The van der Waals surface area contributed by atoms with Gasteiger partial charge in [0.25, 0.3) is 0 Å². The second-order valence-electron chi connectivity index (χ2n) is 9.10. The van der Waals surface area contributed by atoms with Crippen molar-refractivity contribution in [2.45, 2.75) is 24.8 Å². The number of imidazole rings is 1. The molecule has 2 atom stereocenters. The van der Waals surface area contributed by atoms with Crippen LogP contribution < -0.4 is 4.74 Å². The van der Waals surface area contributed by atoms with Crippen molar-refractivity contribution in [1.29, 1.82) is 0 Å². The maximum atomic E-state index is 13.2. The zero-order chi connectivity index (χ0) is 24.8. The van der Waals surface area contributed by atoms with Gasteiger partial charge >= 0.3 is 18.4 Å². The van der Waals surface area contributed by atoms with E-state index in [1.807, 2.05) is 7.05 Å². The molecule has 1 saturated carbocycles. The van der Waals surface area contributed by atoms with Crippen molar-refractivity contribution in [3.63, 3.8) is 0 Å². The van der Waals surface area contributed by atoms with Gasteiger partial charge in [-0.05, 0) is 35.9 Å². The summed E-state index contributed by atoms with van der Waals surface area (Å²) in [6.07, 6.45) is -8.83. The molecule has 1 aliphatic carbocycles. The van der Waals surface area contributed by atoms with E-state index >= 15 is 0 Å². The number of likely N-dealkylation sites (tertiary alicyclic amines) is 1. The second-order valence-corrected chi connectivity index (χ2v) is 9.10. The molecule has 0 bridgehead atoms. The molecule has 2 aliphatic rings. The van der Waals surface area contributed by atoms with Crippen molar-refractivity contribution < 1.29 is 35.9 Å². The molecular weight excluding hydrogens is 466 g/mol. The quantitative estimate of drug-likeness (QED) is 0.562. The van der Waals surface area contributed by atoms with Gasteiger partial charge in [0, 0.05) is 33.2 Å². The van der Waals surface area contributed by atoms with Crippen LogP contribution in [0.4, 0.5) is 31.1 Å². The van der Waals surface area contributed by atoms with Crippen molar-refractivity contribution in [3.05, 3.63) is 47.9 Å². The number of carbonyl (C=O) groups excluding carboxylic acids is 1. The molecule has 1 aromatic heterocycles. The molecule has 12 heteroatoms. The smallest absolute Gasteiger partial charge is 0.389 e. The van der Waals surface area contributed by atoms with Crippen LogP contribution in [-0.2, 0) is 13.6 Å². The van der Waals surface area contributed by atoms with E-state index in [1.165, 1.54) is 23.5 Å². The van der Waals surface area contributed by atoms with Crippen LogP contribution in [0.5, 0.6) is 5.88 Å². The molecule has 1 amide bonds. The first-order chi connectivity index (χ1) is 15.8. The third-order valence-electron chi connectivity index (χ3n) is 6.43. The van der Waals surface area contributed by atoms with E-state index in [-0.39, 0.29) is 23.9 Å². The summed E-state index contributed by atoms with van der Waals surface area (Å²) in [5.41, 5.74) is -0.766. The molecule has 186 valence electrons. The van der Waals surface area contributed by atoms with Crippen LogP contribution in [0.1, 0.15) is 17.0 Å². The lowest BCUT2D eigenvalue weighted by Gasteiger charge is -2.26. The van der Waals surface area contributed by atoms with Gasteiger partial charge in [0.1, 0.15) is 0 Å². The molecule has 4 rings (SSSR count). The van der Waals surface area contributed by atoms with E-state index in [0.29, 0.717) is 18.4 Å². The van der Waals surface area contributed by atoms with Gasteiger partial charge in [0.2, 0.25) is 5.88 Å². The highest BCUT2D eigenvalue weighted by molar-refractivity contribution is 5.70. The summed E-state index contributed by atoms with van der Waals surface area (Å²) in [7, 11) is 3.69. The van der Waals surface area contributed by atoms with Crippen LogP contribution in [0.3, 0.4) is 0 Å². The lowest BCUT2D eigenvalue weighted by molar-refractivity contribution is -0.253. The van der Waals surface area contributed by atoms with E-state index in [4.69, 9.17) is 4.74 Å². The lowest BCUT2D eigenvalue weighted by atomic mass is 9.96.